The Labute approximate surface area is 119 Å². The van der Waals surface area contributed by atoms with Crippen LogP contribution < -0.4 is 0 Å². The predicted molar refractivity (Wildman–Crippen MR) is 75.8 cm³/mol. The van der Waals surface area contributed by atoms with Gasteiger partial charge in [-0.15, -0.1) is 0 Å². The van der Waals surface area contributed by atoms with Crippen LogP contribution in [-0.2, 0) is 6.54 Å². The molecule has 0 amide bonds. The molecule has 0 N–H and O–H groups in total. The molecule has 0 radical (unpaired) electrons. The van der Waals surface area contributed by atoms with E-state index in [2.05, 4.69) is 24.8 Å². The van der Waals surface area contributed by atoms with Crippen LogP contribution >= 0.6 is 0 Å². The van der Waals surface area contributed by atoms with Crippen LogP contribution in [0.25, 0.3) is 0 Å². The Morgan fingerprint density at radius 3 is 2.80 bits per heavy atom. The Hall–Kier alpha value is -1.88. The molecule has 20 heavy (non-hydrogen) atoms. The summed E-state index contributed by atoms with van der Waals surface area (Å²) < 4.78 is 0. The molecule has 0 bridgehead atoms. The van der Waals surface area contributed by atoms with Crippen molar-refractivity contribution >= 4 is 0 Å². The quantitative estimate of drug-likeness (QED) is 0.855. The first-order valence-electron chi connectivity index (χ1n) is 7.10. The molecule has 1 fully saturated rings. The van der Waals surface area contributed by atoms with Crippen LogP contribution in [0.1, 0.15) is 42.4 Å². The number of aromatic nitrogens is 4. The largest absolute Gasteiger partial charge is 0.290 e. The second-order valence-corrected chi connectivity index (χ2v) is 5.25. The highest BCUT2D eigenvalue weighted by atomic mass is 15.2. The summed E-state index contributed by atoms with van der Waals surface area (Å²) >= 11 is 0. The molecule has 0 spiro atoms. The third-order valence-corrected chi connectivity index (χ3v) is 3.78. The molecule has 3 rings (SSSR count). The molecule has 1 aliphatic rings. The van der Waals surface area contributed by atoms with Crippen LogP contribution in [0.4, 0.5) is 0 Å². The summed E-state index contributed by atoms with van der Waals surface area (Å²) in [7, 11) is 0. The Kier molecular flexibility index (Phi) is 3.97. The average Bonchev–Trinajstić information content (AvgIpc) is 2.51. The van der Waals surface area contributed by atoms with Gasteiger partial charge in [-0.25, -0.2) is 19.9 Å². The van der Waals surface area contributed by atoms with Crippen molar-refractivity contribution in [3.05, 3.63) is 48.1 Å². The lowest BCUT2D eigenvalue weighted by molar-refractivity contribution is 0.137. The summed E-state index contributed by atoms with van der Waals surface area (Å²) in [4.78, 5) is 19.5. The lowest BCUT2D eigenvalue weighted by atomic mass is 9.98. The first kappa shape index (κ1) is 13.1. The van der Waals surface area contributed by atoms with Gasteiger partial charge in [0.05, 0.1) is 11.7 Å². The van der Waals surface area contributed by atoms with Gasteiger partial charge >= 0.3 is 0 Å². The van der Waals surface area contributed by atoms with Crippen LogP contribution in [0.3, 0.4) is 0 Å². The number of hydrogen-bond donors (Lipinski definition) is 0. The lowest BCUT2D eigenvalue weighted by Crippen LogP contribution is -2.33. The maximum atomic E-state index is 4.42. The van der Waals surface area contributed by atoms with Crippen LogP contribution in [-0.4, -0.2) is 31.4 Å². The Morgan fingerprint density at radius 2 is 2.05 bits per heavy atom. The Morgan fingerprint density at radius 1 is 1.20 bits per heavy atom. The van der Waals surface area contributed by atoms with Gasteiger partial charge in [0, 0.05) is 30.7 Å². The minimum Gasteiger partial charge on any atom is -0.290 e. The van der Waals surface area contributed by atoms with Gasteiger partial charge in [-0.05, 0) is 32.4 Å². The highest BCUT2D eigenvalue weighted by Gasteiger charge is 2.24. The molecule has 0 unspecified atom stereocenters. The number of hydrogen-bond acceptors (Lipinski definition) is 5. The molecule has 1 saturated heterocycles. The van der Waals surface area contributed by atoms with Crippen LogP contribution in [0, 0.1) is 6.92 Å². The van der Waals surface area contributed by atoms with Crippen LogP contribution in [0.5, 0.6) is 0 Å². The van der Waals surface area contributed by atoms with Gasteiger partial charge in [0.2, 0.25) is 0 Å². The maximum Gasteiger partial charge on any atom is 0.125 e. The molecule has 2 aromatic rings. The van der Waals surface area contributed by atoms with E-state index in [1.807, 2.05) is 31.6 Å². The molecular weight excluding hydrogens is 250 g/mol. The second-order valence-electron chi connectivity index (χ2n) is 5.25. The summed E-state index contributed by atoms with van der Waals surface area (Å²) in [5.74, 6) is 0.819. The summed E-state index contributed by atoms with van der Waals surface area (Å²) in [6.07, 6.45) is 11.0. The van der Waals surface area contributed by atoms with Gasteiger partial charge in [-0.3, -0.25) is 4.90 Å². The van der Waals surface area contributed by atoms with E-state index in [-0.39, 0.29) is 0 Å². The minimum atomic E-state index is 0.382. The van der Waals surface area contributed by atoms with Crippen LogP contribution in [0.2, 0.25) is 0 Å². The third kappa shape index (κ3) is 2.99. The van der Waals surface area contributed by atoms with Crippen molar-refractivity contribution in [2.24, 2.45) is 0 Å². The van der Waals surface area contributed by atoms with E-state index in [4.69, 9.17) is 0 Å². The van der Waals surface area contributed by atoms with Gasteiger partial charge < -0.3 is 0 Å². The number of nitrogens with zero attached hydrogens (tertiary/aromatic N) is 5. The molecule has 104 valence electrons. The van der Waals surface area contributed by atoms with Crippen molar-refractivity contribution in [3.8, 4) is 0 Å². The van der Waals surface area contributed by atoms with E-state index in [1.54, 1.807) is 6.33 Å². The molecule has 3 heterocycles. The standard InChI is InChI=1S/C15H19N5/c1-12-17-8-13(9-18-12)10-20-7-3-2-4-15(20)14-5-6-16-11-19-14/h5-6,8-9,11,15H,2-4,7,10H2,1H3/t15-/m1/s1. The minimum absolute atomic E-state index is 0.382. The van der Waals surface area contributed by atoms with Crippen molar-refractivity contribution in [2.75, 3.05) is 6.54 Å². The van der Waals surface area contributed by atoms with E-state index in [1.165, 1.54) is 12.8 Å². The van der Waals surface area contributed by atoms with Gasteiger partial charge in [0.15, 0.2) is 0 Å². The van der Waals surface area contributed by atoms with Crippen molar-refractivity contribution in [2.45, 2.75) is 38.8 Å². The summed E-state index contributed by atoms with van der Waals surface area (Å²) in [6.45, 7) is 3.89. The number of rotatable bonds is 3. The maximum absolute atomic E-state index is 4.42. The Balaban J connectivity index is 1.77. The zero-order valence-corrected chi connectivity index (χ0v) is 11.7. The monoisotopic (exact) mass is 269 g/mol. The molecule has 1 atom stereocenters. The zero-order valence-electron chi connectivity index (χ0n) is 11.7. The van der Waals surface area contributed by atoms with Gasteiger partial charge in [-0.1, -0.05) is 6.42 Å². The smallest absolute Gasteiger partial charge is 0.125 e. The third-order valence-electron chi connectivity index (χ3n) is 3.78. The van der Waals surface area contributed by atoms with E-state index < -0.39 is 0 Å². The first-order valence-corrected chi connectivity index (χ1v) is 7.10. The molecular formula is C15H19N5. The van der Waals surface area contributed by atoms with Crippen molar-refractivity contribution in [1.82, 2.24) is 24.8 Å². The number of aryl methyl sites for hydroxylation is 1. The number of piperidine rings is 1. The molecule has 0 aromatic carbocycles. The fourth-order valence-electron chi connectivity index (χ4n) is 2.75. The topological polar surface area (TPSA) is 54.8 Å². The summed E-state index contributed by atoms with van der Waals surface area (Å²) in [5, 5.41) is 0. The van der Waals surface area contributed by atoms with Gasteiger partial charge in [-0.2, -0.15) is 0 Å². The van der Waals surface area contributed by atoms with Gasteiger partial charge in [0.25, 0.3) is 0 Å². The van der Waals surface area contributed by atoms with E-state index in [0.717, 1.165) is 36.6 Å². The average molecular weight is 269 g/mol. The molecule has 5 heteroatoms. The zero-order chi connectivity index (χ0) is 13.8. The van der Waals surface area contributed by atoms with Crippen molar-refractivity contribution in [1.29, 1.82) is 0 Å². The predicted octanol–water partition coefficient (Wildman–Crippen LogP) is 2.30. The number of likely N-dealkylation sites (tertiary alicyclic amines) is 1. The van der Waals surface area contributed by atoms with E-state index in [0.29, 0.717) is 6.04 Å². The molecule has 1 aliphatic heterocycles. The molecule has 5 nitrogen and oxygen atoms in total. The van der Waals surface area contributed by atoms with Crippen molar-refractivity contribution < 1.29 is 0 Å². The fraction of sp³-hybridized carbons (Fsp3) is 0.467. The van der Waals surface area contributed by atoms with E-state index in [9.17, 15) is 0 Å². The highest BCUT2D eigenvalue weighted by Crippen LogP contribution is 2.30. The second kappa shape index (κ2) is 6.05. The fourth-order valence-corrected chi connectivity index (χ4v) is 2.75. The molecule has 2 aromatic heterocycles. The first-order chi connectivity index (χ1) is 9.83. The highest BCUT2D eigenvalue weighted by molar-refractivity contribution is 5.10. The summed E-state index contributed by atoms with van der Waals surface area (Å²) in [6, 6.07) is 2.40. The normalized spacial score (nSPS) is 19.9. The van der Waals surface area contributed by atoms with E-state index >= 15 is 0 Å². The molecule has 0 aliphatic carbocycles. The van der Waals surface area contributed by atoms with Crippen LogP contribution in [0.15, 0.2) is 31.0 Å². The Bertz CT molecular complexity index is 540. The summed E-state index contributed by atoms with van der Waals surface area (Å²) in [5.41, 5.74) is 2.28. The van der Waals surface area contributed by atoms with Crippen molar-refractivity contribution in [3.63, 3.8) is 0 Å². The lowest BCUT2D eigenvalue weighted by Gasteiger charge is -2.35. The SMILES string of the molecule is Cc1ncc(CN2CCCC[C@@H]2c2ccncn2)cn1. The van der Waals surface area contributed by atoms with Gasteiger partial charge in [0.1, 0.15) is 12.2 Å². The molecule has 0 saturated carbocycles.